The van der Waals surface area contributed by atoms with Crippen molar-refractivity contribution in [2.24, 2.45) is 0 Å². The maximum absolute atomic E-state index is 5.93. The Morgan fingerprint density at radius 2 is 2.00 bits per heavy atom. The lowest BCUT2D eigenvalue weighted by Gasteiger charge is -2.14. The van der Waals surface area contributed by atoms with E-state index in [9.17, 15) is 0 Å². The summed E-state index contributed by atoms with van der Waals surface area (Å²) in [5.41, 5.74) is 8.93. The molecule has 0 bridgehead atoms. The molecule has 0 fully saturated rings. The molecule has 1 aromatic carbocycles. The molecule has 7 nitrogen and oxygen atoms in total. The van der Waals surface area contributed by atoms with Crippen LogP contribution in [0.15, 0.2) is 36.5 Å². The van der Waals surface area contributed by atoms with Gasteiger partial charge in [-0.25, -0.2) is 4.98 Å². The Bertz CT molecular complexity index is 908. The smallest absolute Gasteiger partial charge is 0.222 e. The predicted octanol–water partition coefficient (Wildman–Crippen LogP) is 1.79. The van der Waals surface area contributed by atoms with Crippen molar-refractivity contribution in [1.29, 1.82) is 0 Å². The van der Waals surface area contributed by atoms with E-state index < -0.39 is 0 Å². The van der Waals surface area contributed by atoms with Crippen molar-refractivity contribution in [2.75, 3.05) is 37.3 Å². The molecular formula is C19H22N6O. The summed E-state index contributed by atoms with van der Waals surface area (Å²) < 4.78 is 5.93. The molecule has 0 saturated heterocycles. The quantitative estimate of drug-likeness (QED) is 0.603. The Morgan fingerprint density at radius 1 is 1.12 bits per heavy atom. The standard InChI is InChI=1S/C19H22N6O/c20-19-24-15-7-10-21-9-6-14(15)18(25-19)23-11-12-26-16-5-1-3-13-4-2-8-22-17(13)16/h1-5,8,21H,6-7,9-12H2,(H3,20,23,24,25). The van der Waals surface area contributed by atoms with Gasteiger partial charge in [0.05, 0.1) is 12.2 Å². The Kier molecular flexibility index (Phi) is 4.79. The number of nitrogens with one attached hydrogen (secondary N) is 2. The number of rotatable bonds is 5. The summed E-state index contributed by atoms with van der Waals surface area (Å²) in [6, 6.07) is 9.90. The van der Waals surface area contributed by atoms with E-state index in [4.69, 9.17) is 10.5 Å². The second kappa shape index (κ2) is 7.53. The highest BCUT2D eigenvalue weighted by Gasteiger charge is 2.15. The number of fused-ring (bicyclic) bond motifs is 2. The summed E-state index contributed by atoms with van der Waals surface area (Å²) in [5.74, 6) is 1.92. The SMILES string of the molecule is Nc1nc2c(c(NCCOc3cccc4cccnc34)n1)CCNCC2. The molecule has 0 unspecified atom stereocenters. The van der Waals surface area contributed by atoms with Crippen molar-refractivity contribution in [1.82, 2.24) is 20.3 Å². The van der Waals surface area contributed by atoms with Gasteiger partial charge in [-0.05, 0) is 25.1 Å². The van der Waals surface area contributed by atoms with Crippen LogP contribution in [0.2, 0.25) is 0 Å². The van der Waals surface area contributed by atoms with Crippen LogP contribution in [-0.2, 0) is 12.8 Å². The third-order valence-corrected chi connectivity index (χ3v) is 4.45. The second-order valence-electron chi connectivity index (χ2n) is 6.21. The molecule has 1 aliphatic rings. The molecule has 0 aliphatic carbocycles. The maximum Gasteiger partial charge on any atom is 0.222 e. The van der Waals surface area contributed by atoms with Crippen LogP contribution in [0.3, 0.4) is 0 Å². The lowest BCUT2D eigenvalue weighted by Crippen LogP contribution is -2.17. The van der Waals surface area contributed by atoms with Gasteiger partial charge < -0.3 is 21.1 Å². The Hall–Kier alpha value is -2.93. The van der Waals surface area contributed by atoms with Gasteiger partial charge in [0.15, 0.2) is 0 Å². The van der Waals surface area contributed by atoms with E-state index in [1.54, 1.807) is 6.20 Å². The van der Waals surface area contributed by atoms with E-state index in [0.717, 1.165) is 59.7 Å². The first-order valence-corrected chi connectivity index (χ1v) is 8.87. The third-order valence-electron chi connectivity index (χ3n) is 4.45. The zero-order chi connectivity index (χ0) is 17.8. The van der Waals surface area contributed by atoms with Crippen molar-refractivity contribution in [2.45, 2.75) is 12.8 Å². The minimum atomic E-state index is 0.312. The van der Waals surface area contributed by atoms with Crippen LogP contribution in [0.1, 0.15) is 11.3 Å². The molecule has 0 radical (unpaired) electrons. The van der Waals surface area contributed by atoms with E-state index >= 15 is 0 Å². The Labute approximate surface area is 152 Å². The maximum atomic E-state index is 5.93. The third kappa shape index (κ3) is 3.52. The first-order valence-electron chi connectivity index (χ1n) is 8.87. The molecule has 0 amide bonds. The first kappa shape index (κ1) is 16.5. The topological polar surface area (TPSA) is 98.0 Å². The van der Waals surface area contributed by atoms with Gasteiger partial charge in [-0.2, -0.15) is 4.98 Å². The van der Waals surface area contributed by atoms with Crippen molar-refractivity contribution >= 4 is 22.7 Å². The van der Waals surface area contributed by atoms with Crippen LogP contribution < -0.4 is 21.1 Å². The van der Waals surface area contributed by atoms with Crippen molar-refractivity contribution in [3.63, 3.8) is 0 Å². The fourth-order valence-corrected chi connectivity index (χ4v) is 3.23. The molecule has 4 N–H and O–H groups in total. The van der Waals surface area contributed by atoms with Crippen molar-refractivity contribution in [3.05, 3.63) is 47.8 Å². The molecule has 7 heteroatoms. The number of benzene rings is 1. The fourth-order valence-electron chi connectivity index (χ4n) is 3.23. The molecule has 3 aromatic rings. The van der Waals surface area contributed by atoms with E-state index in [1.807, 2.05) is 30.3 Å². The highest BCUT2D eigenvalue weighted by molar-refractivity contribution is 5.84. The molecule has 3 heterocycles. The van der Waals surface area contributed by atoms with Crippen LogP contribution in [0.4, 0.5) is 11.8 Å². The summed E-state index contributed by atoms with van der Waals surface area (Å²) in [6.07, 6.45) is 3.54. The summed E-state index contributed by atoms with van der Waals surface area (Å²) in [5, 5.41) is 7.80. The van der Waals surface area contributed by atoms with Crippen molar-refractivity contribution in [3.8, 4) is 5.75 Å². The fraction of sp³-hybridized carbons (Fsp3) is 0.316. The average Bonchev–Trinajstić information content (AvgIpc) is 2.90. The lowest BCUT2D eigenvalue weighted by molar-refractivity contribution is 0.336. The number of pyridine rings is 1. The number of nitrogen functional groups attached to an aromatic ring is 1. The van der Waals surface area contributed by atoms with Gasteiger partial charge in [-0.15, -0.1) is 0 Å². The molecule has 2 aromatic heterocycles. The Balaban J connectivity index is 1.43. The van der Waals surface area contributed by atoms with E-state index in [-0.39, 0.29) is 0 Å². The van der Waals surface area contributed by atoms with Gasteiger partial charge >= 0.3 is 0 Å². The zero-order valence-electron chi connectivity index (χ0n) is 14.5. The van der Waals surface area contributed by atoms with Crippen LogP contribution in [-0.4, -0.2) is 41.2 Å². The van der Waals surface area contributed by atoms with Crippen LogP contribution in [0, 0.1) is 0 Å². The van der Waals surface area contributed by atoms with Crippen LogP contribution >= 0.6 is 0 Å². The Morgan fingerprint density at radius 3 is 2.96 bits per heavy atom. The number of hydrogen-bond donors (Lipinski definition) is 3. The van der Waals surface area contributed by atoms with E-state index in [1.165, 1.54) is 0 Å². The molecule has 134 valence electrons. The van der Waals surface area contributed by atoms with Gasteiger partial charge in [0, 0.05) is 30.1 Å². The number of ether oxygens (including phenoxy) is 1. The number of hydrogen-bond acceptors (Lipinski definition) is 7. The van der Waals surface area contributed by atoms with Gasteiger partial charge in [-0.3, -0.25) is 4.98 Å². The van der Waals surface area contributed by atoms with Crippen LogP contribution in [0.5, 0.6) is 5.75 Å². The number of aromatic nitrogens is 3. The van der Waals surface area contributed by atoms with Gasteiger partial charge in [0.25, 0.3) is 0 Å². The van der Waals surface area contributed by atoms with Crippen LogP contribution in [0.25, 0.3) is 10.9 Å². The number of para-hydroxylation sites is 1. The van der Waals surface area contributed by atoms with Gasteiger partial charge in [0.1, 0.15) is 23.7 Å². The summed E-state index contributed by atoms with van der Waals surface area (Å²) in [6.45, 7) is 2.97. The van der Waals surface area contributed by atoms with E-state index in [2.05, 4.69) is 25.6 Å². The number of nitrogens with two attached hydrogens (primary N) is 1. The molecule has 4 rings (SSSR count). The summed E-state index contributed by atoms with van der Waals surface area (Å²) in [4.78, 5) is 13.2. The highest BCUT2D eigenvalue weighted by Crippen LogP contribution is 2.23. The predicted molar refractivity (Wildman–Crippen MR) is 102 cm³/mol. The lowest BCUT2D eigenvalue weighted by atomic mass is 10.1. The van der Waals surface area contributed by atoms with Crippen molar-refractivity contribution < 1.29 is 4.74 Å². The number of anilines is 2. The van der Waals surface area contributed by atoms with Gasteiger partial charge in [0.2, 0.25) is 5.95 Å². The first-order chi connectivity index (χ1) is 12.8. The molecule has 0 spiro atoms. The monoisotopic (exact) mass is 350 g/mol. The minimum absolute atomic E-state index is 0.312. The summed E-state index contributed by atoms with van der Waals surface area (Å²) in [7, 11) is 0. The van der Waals surface area contributed by atoms with Gasteiger partial charge in [-0.1, -0.05) is 18.2 Å². The second-order valence-corrected chi connectivity index (χ2v) is 6.21. The molecular weight excluding hydrogens is 328 g/mol. The minimum Gasteiger partial charge on any atom is -0.489 e. The normalized spacial score (nSPS) is 13.8. The van der Waals surface area contributed by atoms with E-state index in [0.29, 0.717) is 19.1 Å². The largest absolute Gasteiger partial charge is 0.489 e. The molecule has 1 aliphatic heterocycles. The molecule has 0 saturated carbocycles. The number of nitrogens with zero attached hydrogens (tertiary/aromatic N) is 3. The highest BCUT2D eigenvalue weighted by atomic mass is 16.5. The zero-order valence-corrected chi connectivity index (χ0v) is 14.5. The molecule has 0 atom stereocenters. The summed E-state index contributed by atoms with van der Waals surface area (Å²) >= 11 is 0. The molecule has 26 heavy (non-hydrogen) atoms. The average molecular weight is 350 g/mol.